The number of nitrogens with two attached hydrogens (primary N) is 1. The second-order valence-corrected chi connectivity index (χ2v) is 2.96. The second-order valence-electron chi connectivity index (χ2n) is 2.96. The number of halogens is 3. The Morgan fingerprint density at radius 3 is 2.33 bits per heavy atom. The number of likely N-dealkylation sites (tertiary alicyclic amines) is 1. The highest BCUT2D eigenvalue weighted by Crippen LogP contribution is 2.34. The van der Waals surface area contributed by atoms with Crippen LogP contribution in [0.15, 0.2) is 0 Å². The van der Waals surface area contributed by atoms with Gasteiger partial charge < -0.3 is 23.6 Å². The quantitative estimate of drug-likeness (QED) is 0.602. The van der Waals surface area contributed by atoms with Crippen LogP contribution in [0.25, 0.3) is 0 Å². The van der Waals surface area contributed by atoms with Crippen molar-refractivity contribution in [1.29, 1.82) is 0 Å². The fraction of sp³-hybridized carbons (Fsp3) is 0.800. The average Bonchev–Trinajstić information content (AvgIpc) is 2.30. The van der Waals surface area contributed by atoms with Crippen LogP contribution in [0.5, 0.6) is 0 Å². The molecule has 0 aromatic heterocycles. The van der Waals surface area contributed by atoms with Gasteiger partial charge in [0.15, 0.2) is 0 Å². The van der Waals surface area contributed by atoms with Gasteiger partial charge in [0.2, 0.25) is 0 Å². The van der Waals surface area contributed by atoms with Crippen molar-refractivity contribution in [3.63, 3.8) is 0 Å². The standard InChI is InChI=1S/C5H9BF3N2O/c7-6(8,9)4-1-2-11(3-4)5(10)12/h4H,1-3H2,(H2,10,12)/q-1. The van der Waals surface area contributed by atoms with E-state index in [0.29, 0.717) is 0 Å². The van der Waals surface area contributed by atoms with Gasteiger partial charge in [0.1, 0.15) is 0 Å². The van der Waals surface area contributed by atoms with Crippen LogP contribution in [0.4, 0.5) is 17.7 Å². The number of carbonyl (C=O) groups excluding carboxylic acids is 1. The zero-order chi connectivity index (χ0) is 9.35. The van der Waals surface area contributed by atoms with Crippen LogP contribution in [0.3, 0.4) is 0 Å². The summed E-state index contributed by atoms with van der Waals surface area (Å²) in [4.78, 5) is 11.5. The van der Waals surface area contributed by atoms with Crippen molar-refractivity contribution in [3.8, 4) is 0 Å². The molecule has 3 nitrogen and oxygen atoms in total. The highest BCUT2D eigenvalue weighted by Gasteiger charge is 2.39. The first kappa shape index (κ1) is 9.21. The zero-order valence-electron chi connectivity index (χ0n) is 6.34. The summed E-state index contributed by atoms with van der Waals surface area (Å²) in [7, 11) is 0. The highest BCUT2D eigenvalue weighted by atomic mass is 19.4. The highest BCUT2D eigenvalue weighted by molar-refractivity contribution is 6.60. The molecule has 1 saturated heterocycles. The third-order valence-electron chi connectivity index (χ3n) is 2.07. The molecular weight excluding hydrogens is 172 g/mol. The van der Waals surface area contributed by atoms with Gasteiger partial charge in [0, 0.05) is 13.1 Å². The van der Waals surface area contributed by atoms with Crippen molar-refractivity contribution in [3.05, 3.63) is 0 Å². The van der Waals surface area contributed by atoms with E-state index in [1.165, 1.54) is 0 Å². The number of amides is 2. The van der Waals surface area contributed by atoms with Crippen molar-refractivity contribution in [2.45, 2.75) is 12.2 Å². The smallest absolute Gasteiger partial charge is 0.449 e. The molecule has 0 saturated carbocycles. The van der Waals surface area contributed by atoms with Gasteiger partial charge >= 0.3 is 13.0 Å². The Kier molecular flexibility index (Phi) is 2.21. The molecule has 1 fully saturated rings. The van der Waals surface area contributed by atoms with Crippen LogP contribution < -0.4 is 5.73 Å². The van der Waals surface area contributed by atoms with Gasteiger partial charge in [0.25, 0.3) is 0 Å². The van der Waals surface area contributed by atoms with Crippen molar-refractivity contribution in [1.82, 2.24) is 4.90 Å². The van der Waals surface area contributed by atoms with Crippen LogP contribution in [-0.4, -0.2) is 31.0 Å². The summed E-state index contributed by atoms with van der Waals surface area (Å²) in [5, 5.41) is 0. The molecule has 2 amide bonds. The molecule has 1 rings (SSSR count). The Morgan fingerprint density at radius 2 is 2.08 bits per heavy atom. The van der Waals surface area contributed by atoms with Crippen LogP contribution >= 0.6 is 0 Å². The fourth-order valence-corrected chi connectivity index (χ4v) is 1.30. The van der Waals surface area contributed by atoms with Crippen molar-refractivity contribution < 1.29 is 17.7 Å². The molecule has 12 heavy (non-hydrogen) atoms. The topological polar surface area (TPSA) is 46.3 Å². The van der Waals surface area contributed by atoms with Crippen molar-refractivity contribution >= 4 is 13.0 Å². The first-order valence-electron chi connectivity index (χ1n) is 3.65. The molecule has 0 spiro atoms. The molecule has 1 aliphatic rings. The maximum atomic E-state index is 12.1. The van der Waals surface area contributed by atoms with Crippen molar-refractivity contribution in [2.75, 3.05) is 13.1 Å². The predicted molar refractivity (Wildman–Crippen MR) is 38.6 cm³/mol. The number of nitrogens with zero attached hydrogens (tertiary/aromatic N) is 1. The Balaban J connectivity index is 2.51. The molecule has 0 aliphatic carbocycles. The summed E-state index contributed by atoms with van der Waals surface area (Å²) < 4.78 is 36.2. The van der Waals surface area contributed by atoms with E-state index in [1.54, 1.807) is 0 Å². The minimum absolute atomic E-state index is 0.00750. The molecule has 1 atom stereocenters. The molecule has 1 heterocycles. The lowest BCUT2D eigenvalue weighted by atomic mass is 9.72. The van der Waals surface area contributed by atoms with E-state index in [9.17, 15) is 17.7 Å². The van der Waals surface area contributed by atoms with Gasteiger partial charge in [-0.25, -0.2) is 4.79 Å². The third-order valence-corrected chi connectivity index (χ3v) is 2.07. The maximum absolute atomic E-state index is 12.1. The summed E-state index contributed by atoms with van der Waals surface area (Å²) in [6.07, 6.45) is -0.00750. The van der Waals surface area contributed by atoms with E-state index >= 15 is 0 Å². The van der Waals surface area contributed by atoms with Gasteiger partial charge in [-0.3, -0.25) is 0 Å². The van der Waals surface area contributed by atoms with Crippen LogP contribution in [0, 0.1) is 0 Å². The molecule has 2 N–H and O–H groups in total. The summed E-state index contributed by atoms with van der Waals surface area (Å²) in [5.41, 5.74) is 4.83. The summed E-state index contributed by atoms with van der Waals surface area (Å²) in [6, 6.07) is -0.766. The lowest BCUT2D eigenvalue weighted by Gasteiger charge is -2.21. The van der Waals surface area contributed by atoms with Crippen LogP contribution in [0.1, 0.15) is 6.42 Å². The van der Waals surface area contributed by atoms with E-state index in [4.69, 9.17) is 5.73 Å². The van der Waals surface area contributed by atoms with Crippen molar-refractivity contribution in [2.24, 2.45) is 5.73 Å². The third kappa shape index (κ3) is 1.83. The molecule has 0 bridgehead atoms. The molecule has 7 heteroatoms. The average molecular weight is 181 g/mol. The van der Waals surface area contributed by atoms with E-state index in [-0.39, 0.29) is 19.5 Å². The Labute approximate surface area is 67.8 Å². The Hall–Kier alpha value is -0.875. The van der Waals surface area contributed by atoms with Crippen LogP contribution in [0.2, 0.25) is 5.82 Å². The van der Waals surface area contributed by atoms with E-state index < -0.39 is 18.8 Å². The van der Waals surface area contributed by atoms with E-state index in [2.05, 4.69) is 0 Å². The predicted octanol–water partition coefficient (Wildman–Crippen LogP) is 0.988. The lowest BCUT2D eigenvalue weighted by Crippen LogP contribution is -2.35. The van der Waals surface area contributed by atoms with Gasteiger partial charge in [-0.05, 0) is 0 Å². The largest absolute Gasteiger partial charge is 0.483 e. The van der Waals surface area contributed by atoms with Gasteiger partial charge in [0.05, 0.1) is 0 Å². The van der Waals surface area contributed by atoms with Crippen LogP contribution in [-0.2, 0) is 0 Å². The SMILES string of the molecule is NC(=O)N1CCC([B-](F)(F)F)C1. The number of urea groups is 1. The maximum Gasteiger partial charge on any atom is 0.483 e. The lowest BCUT2D eigenvalue weighted by molar-refractivity contribution is 0.218. The fourth-order valence-electron chi connectivity index (χ4n) is 1.30. The first-order valence-corrected chi connectivity index (χ1v) is 3.65. The van der Waals surface area contributed by atoms with Gasteiger partial charge in [-0.15, -0.1) is 0 Å². The normalized spacial score (nSPS) is 24.6. The molecule has 0 aromatic rings. The number of primary amides is 1. The number of hydrogen-bond acceptors (Lipinski definition) is 1. The molecule has 1 unspecified atom stereocenters. The number of carbonyl (C=O) groups is 1. The molecule has 1 aliphatic heterocycles. The minimum Gasteiger partial charge on any atom is -0.449 e. The number of hydrogen-bond donors (Lipinski definition) is 1. The number of rotatable bonds is 1. The van der Waals surface area contributed by atoms with E-state index in [0.717, 1.165) is 4.90 Å². The monoisotopic (exact) mass is 181 g/mol. The molecule has 0 aromatic carbocycles. The Morgan fingerprint density at radius 1 is 1.50 bits per heavy atom. The molecule has 70 valence electrons. The zero-order valence-corrected chi connectivity index (χ0v) is 6.34. The minimum atomic E-state index is -4.81. The van der Waals surface area contributed by atoms with Gasteiger partial charge in [-0.1, -0.05) is 12.2 Å². The van der Waals surface area contributed by atoms with Gasteiger partial charge in [-0.2, -0.15) is 0 Å². The molecular formula is C5H9BF3N2O-. The molecule has 0 radical (unpaired) electrons. The van der Waals surface area contributed by atoms with E-state index in [1.807, 2.05) is 0 Å². The summed E-state index contributed by atoms with van der Waals surface area (Å²) in [5.74, 6) is -1.34. The second kappa shape index (κ2) is 2.87. The Bertz CT molecular complexity index is 196. The summed E-state index contributed by atoms with van der Waals surface area (Å²) >= 11 is 0. The summed E-state index contributed by atoms with van der Waals surface area (Å²) in [6.45, 7) is -4.95. The first-order chi connectivity index (χ1) is 5.41.